The molecule has 0 aliphatic carbocycles. The van der Waals surface area contributed by atoms with Gasteiger partial charge in [-0.05, 0) is 22.0 Å². The van der Waals surface area contributed by atoms with E-state index in [1.165, 1.54) is 13.3 Å². The number of halogens is 1. The molecule has 0 saturated carbocycles. The summed E-state index contributed by atoms with van der Waals surface area (Å²) in [5.41, 5.74) is 0.539. The van der Waals surface area contributed by atoms with Crippen molar-refractivity contribution in [2.75, 3.05) is 7.11 Å². The Labute approximate surface area is 72.5 Å². The highest BCUT2D eigenvalue weighted by Crippen LogP contribution is 2.24. The maximum atomic E-state index is 10.4. The molecule has 1 heterocycles. The van der Waals surface area contributed by atoms with Crippen molar-refractivity contribution in [3.05, 3.63) is 22.3 Å². The molecule has 0 radical (unpaired) electrons. The van der Waals surface area contributed by atoms with Crippen LogP contribution in [0.4, 0.5) is 0 Å². The molecule has 1 aromatic rings. The van der Waals surface area contributed by atoms with Crippen molar-refractivity contribution in [3.63, 3.8) is 0 Å². The number of carbonyl (C=O) groups is 1. The largest absolute Gasteiger partial charge is 0.480 e. The zero-order valence-electron chi connectivity index (χ0n) is 5.87. The summed E-state index contributed by atoms with van der Waals surface area (Å²) in [7, 11) is 1.50. The van der Waals surface area contributed by atoms with E-state index < -0.39 is 0 Å². The molecule has 1 rings (SSSR count). The van der Waals surface area contributed by atoms with Crippen molar-refractivity contribution in [3.8, 4) is 5.88 Å². The SMILES string of the molecule is COc1nccc(C=O)c1Br. The Hall–Kier alpha value is -0.900. The quantitative estimate of drug-likeness (QED) is 0.705. The average molecular weight is 216 g/mol. The molecule has 11 heavy (non-hydrogen) atoms. The van der Waals surface area contributed by atoms with E-state index in [1.807, 2.05) is 0 Å². The topological polar surface area (TPSA) is 39.2 Å². The lowest BCUT2D eigenvalue weighted by molar-refractivity contribution is 0.112. The highest BCUT2D eigenvalue weighted by molar-refractivity contribution is 9.10. The molecule has 0 fully saturated rings. The predicted octanol–water partition coefficient (Wildman–Crippen LogP) is 1.67. The fraction of sp³-hybridized carbons (Fsp3) is 0.143. The van der Waals surface area contributed by atoms with Gasteiger partial charge in [0.1, 0.15) is 0 Å². The minimum absolute atomic E-state index is 0.426. The molecule has 0 amide bonds. The third-order valence-electron chi connectivity index (χ3n) is 1.21. The minimum Gasteiger partial charge on any atom is -0.480 e. The molecule has 1 aromatic heterocycles. The summed E-state index contributed by atoms with van der Waals surface area (Å²) < 4.78 is 5.47. The van der Waals surface area contributed by atoms with Gasteiger partial charge in [-0.15, -0.1) is 0 Å². The Bertz CT molecular complexity index is 275. The Kier molecular flexibility index (Phi) is 2.59. The molecule has 0 atom stereocenters. The number of methoxy groups -OCH3 is 1. The van der Waals surface area contributed by atoms with Crippen LogP contribution >= 0.6 is 15.9 Å². The molecule has 0 aromatic carbocycles. The lowest BCUT2D eigenvalue weighted by Crippen LogP contribution is -1.91. The second-order valence-electron chi connectivity index (χ2n) is 1.84. The van der Waals surface area contributed by atoms with Gasteiger partial charge in [-0.3, -0.25) is 4.79 Å². The van der Waals surface area contributed by atoms with Crippen LogP contribution in [0.2, 0.25) is 0 Å². The number of carbonyl (C=O) groups excluding carboxylic acids is 1. The predicted molar refractivity (Wildman–Crippen MR) is 43.9 cm³/mol. The highest BCUT2D eigenvalue weighted by atomic mass is 79.9. The number of nitrogens with zero attached hydrogens (tertiary/aromatic N) is 1. The van der Waals surface area contributed by atoms with Gasteiger partial charge in [-0.2, -0.15) is 0 Å². The van der Waals surface area contributed by atoms with Crippen LogP contribution in [0.25, 0.3) is 0 Å². The Morgan fingerprint density at radius 2 is 2.45 bits per heavy atom. The van der Waals surface area contributed by atoms with Gasteiger partial charge in [0, 0.05) is 11.8 Å². The standard InChI is InChI=1S/C7H6BrNO2/c1-11-7-6(8)5(4-10)2-3-9-7/h2-4H,1H3. The summed E-state index contributed by atoms with van der Waals surface area (Å²) in [6.45, 7) is 0. The Balaban J connectivity index is 3.20. The van der Waals surface area contributed by atoms with Gasteiger partial charge in [0.15, 0.2) is 6.29 Å². The first-order valence-electron chi connectivity index (χ1n) is 2.93. The van der Waals surface area contributed by atoms with E-state index in [4.69, 9.17) is 4.74 Å². The number of hydrogen-bond donors (Lipinski definition) is 0. The zero-order chi connectivity index (χ0) is 8.27. The van der Waals surface area contributed by atoms with Gasteiger partial charge >= 0.3 is 0 Å². The summed E-state index contributed by atoms with van der Waals surface area (Å²) in [5, 5.41) is 0. The van der Waals surface area contributed by atoms with Crippen LogP contribution in [-0.2, 0) is 0 Å². The molecule has 58 valence electrons. The van der Waals surface area contributed by atoms with E-state index in [0.717, 1.165) is 6.29 Å². The van der Waals surface area contributed by atoms with Crippen LogP contribution < -0.4 is 4.74 Å². The van der Waals surface area contributed by atoms with Crippen molar-refractivity contribution in [1.29, 1.82) is 0 Å². The van der Waals surface area contributed by atoms with Crippen LogP contribution in [0.15, 0.2) is 16.7 Å². The molecule has 0 unspecified atom stereocenters. The van der Waals surface area contributed by atoms with E-state index >= 15 is 0 Å². The van der Waals surface area contributed by atoms with Crippen LogP contribution in [0.3, 0.4) is 0 Å². The number of aldehydes is 1. The lowest BCUT2D eigenvalue weighted by atomic mass is 10.3. The summed E-state index contributed by atoms with van der Waals surface area (Å²) in [5.74, 6) is 0.426. The minimum atomic E-state index is 0.426. The first-order valence-corrected chi connectivity index (χ1v) is 3.72. The van der Waals surface area contributed by atoms with Crippen LogP contribution in [0.1, 0.15) is 10.4 Å². The van der Waals surface area contributed by atoms with Crippen LogP contribution in [0.5, 0.6) is 5.88 Å². The Morgan fingerprint density at radius 3 is 3.00 bits per heavy atom. The maximum Gasteiger partial charge on any atom is 0.228 e. The fourth-order valence-corrected chi connectivity index (χ4v) is 1.16. The number of aromatic nitrogens is 1. The van der Waals surface area contributed by atoms with E-state index in [0.29, 0.717) is 15.9 Å². The highest BCUT2D eigenvalue weighted by Gasteiger charge is 2.04. The monoisotopic (exact) mass is 215 g/mol. The maximum absolute atomic E-state index is 10.4. The van der Waals surface area contributed by atoms with Gasteiger partial charge in [0.2, 0.25) is 5.88 Å². The molecule has 0 aliphatic heterocycles. The van der Waals surface area contributed by atoms with E-state index in [2.05, 4.69) is 20.9 Å². The number of hydrogen-bond acceptors (Lipinski definition) is 3. The molecule has 0 N–H and O–H groups in total. The molecular weight excluding hydrogens is 210 g/mol. The lowest BCUT2D eigenvalue weighted by Gasteiger charge is -2.01. The van der Waals surface area contributed by atoms with Crippen molar-refractivity contribution >= 4 is 22.2 Å². The van der Waals surface area contributed by atoms with Crippen molar-refractivity contribution in [2.45, 2.75) is 0 Å². The van der Waals surface area contributed by atoms with Gasteiger partial charge in [-0.1, -0.05) is 0 Å². The van der Waals surface area contributed by atoms with Crippen molar-refractivity contribution in [1.82, 2.24) is 4.98 Å². The molecule has 3 nitrogen and oxygen atoms in total. The first kappa shape index (κ1) is 8.20. The van der Waals surface area contributed by atoms with Crippen molar-refractivity contribution in [2.24, 2.45) is 0 Å². The molecule has 0 aliphatic rings. The number of ether oxygens (including phenoxy) is 1. The Morgan fingerprint density at radius 1 is 1.73 bits per heavy atom. The third-order valence-corrected chi connectivity index (χ3v) is 2.00. The molecule has 0 spiro atoms. The van der Waals surface area contributed by atoms with Crippen LogP contribution in [-0.4, -0.2) is 18.4 Å². The van der Waals surface area contributed by atoms with E-state index in [9.17, 15) is 4.79 Å². The van der Waals surface area contributed by atoms with Gasteiger partial charge < -0.3 is 4.74 Å². The van der Waals surface area contributed by atoms with Crippen LogP contribution in [0, 0.1) is 0 Å². The number of rotatable bonds is 2. The molecule has 4 heteroatoms. The number of pyridine rings is 1. The zero-order valence-corrected chi connectivity index (χ0v) is 7.46. The summed E-state index contributed by atoms with van der Waals surface area (Å²) in [4.78, 5) is 14.3. The summed E-state index contributed by atoms with van der Waals surface area (Å²) >= 11 is 3.18. The molecule has 0 bridgehead atoms. The first-order chi connectivity index (χ1) is 5.29. The fourth-order valence-electron chi connectivity index (χ4n) is 0.672. The van der Waals surface area contributed by atoms with Gasteiger partial charge in [0.25, 0.3) is 0 Å². The van der Waals surface area contributed by atoms with E-state index in [1.54, 1.807) is 6.07 Å². The molecular formula is C7H6BrNO2. The third kappa shape index (κ3) is 1.57. The summed E-state index contributed by atoms with van der Waals surface area (Å²) in [6.07, 6.45) is 2.27. The van der Waals surface area contributed by atoms with Crippen molar-refractivity contribution < 1.29 is 9.53 Å². The van der Waals surface area contributed by atoms with Gasteiger partial charge in [-0.25, -0.2) is 4.98 Å². The normalized spacial score (nSPS) is 9.27. The molecule has 0 saturated heterocycles. The van der Waals surface area contributed by atoms with E-state index in [-0.39, 0.29) is 0 Å². The average Bonchev–Trinajstić information content (AvgIpc) is 2.05. The smallest absolute Gasteiger partial charge is 0.228 e. The second kappa shape index (κ2) is 3.48. The summed E-state index contributed by atoms with van der Waals surface area (Å²) in [6, 6.07) is 1.61. The second-order valence-corrected chi connectivity index (χ2v) is 2.63. The van der Waals surface area contributed by atoms with Gasteiger partial charge in [0.05, 0.1) is 11.6 Å².